The number of hydrogen-bond donors (Lipinski definition) is 0. The Morgan fingerprint density at radius 1 is 1.17 bits per heavy atom. The molecule has 122 valence electrons. The van der Waals surface area contributed by atoms with Crippen LogP contribution in [0.15, 0.2) is 60.2 Å². The van der Waals surface area contributed by atoms with E-state index in [0.717, 1.165) is 42.5 Å². The highest BCUT2D eigenvalue weighted by Crippen LogP contribution is 2.29. The molecular weight excluding hydrogens is 318 g/mol. The summed E-state index contributed by atoms with van der Waals surface area (Å²) in [6.07, 6.45) is 3.80. The molecule has 2 aromatic heterocycles. The first kappa shape index (κ1) is 15.4. The topological polar surface area (TPSA) is 38.2 Å². The Hall–Kier alpha value is -2.08. The van der Waals surface area contributed by atoms with E-state index in [4.69, 9.17) is 9.72 Å². The van der Waals surface area contributed by atoms with Crippen LogP contribution in [0.1, 0.15) is 16.7 Å². The number of rotatable bonds is 4. The third kappa shape index (κ3) is 3.53. The average Bonchev–Trinajstić information content (AvgIpc) is 3.14. The first-order valence-electron chi connectivity index (χ1n) is 8.12. The second-order valence-corrected chi connectivity index (χ2v) is 6.78. The summed E-state index contributed by atoms with van der Waals surface area (Å²) in [5.74, 6) is 0. The normalized spacial score (nSPS) is 18.6. The van der Waals surface area contributed by atoms with Gasteiger partial charge in [-0.2, -0.15) is 0 Å². The van der Waals surface area contributed by atoms with E-state index in [2.05, 4.69) is 33.5 Å². The van der Waals surface area contributed by atoms with Crippen LogP contribution in [-0.2, 0) is 11.3 Å². The van der Waals surface area contributed by atoms with Gasteiger partial charge in [0.1, 0.15) is 11.1 Å². The van der Waals surface area contributed by atoms with E-state index < -0.39 is 0 Å². The van der Waals surface area contributed by atoms with Crippen LogP contribution in [0.4, 0.5) is 0 Å². The number of aromatic nitrogens is 2. The fraction of sp³-hybridized carbons (Fsp3) is 0.263. The lowest BCUT2D eigenvalue weighted by Gasteiger charge is -2.31. The smallest absolute Gasteiger partial charge is 0.124 e. The van der Waals surface area contributed by atoms with Gasteiger partial charge in [0.15, 0.2) is 0 Å². The van der Waals surface area contributed by atoms with Crippen molar-refractivity contribution in [3.8, 4) is 11.3 Å². The molecule has 0 saturated carbocycles. The van der Waals surface area contributed by atoms with Crippen molar-refractivity contribution in [3.63, 3.8) is 0 Å². The highest BCUT2D eigenvalue weighted by atomic mass is 32.1. The molecule has 1 aliphatic rings. The van der Waals surface area contributed by atoms with Gasteiger partial charge in [0.2, 0.25) is 0 Å². The minimum absolute atomic E-state index is 0.0536. The molecule has 0 spiro atoms. The van der Waals surface area contributed by atoms with Crippen LogP contribution in [0.2, 0.25) is 0 Å². The molecule has 1 atom stereocenters. The summed E-state index contributed by atoms with van der Waals surface area (Å²) in [6, 6.07) is 14.4. The lowest BCUT2D eigenvalue weighted by Crippen LogP contribution is -2.37. The predicted octanol–water partition coefficient (Wildman–Crippen LogP) is 3.78. The standard InChI is InChI=1S/C19H19N3OS/c1-2-6-16(7-3-1)17-14-24-19(21-17)18-13-22(9-10-23-18)12-15-5-4-8-20-11-15/h1-8,11,14,18H,9-10,12-13H2/t18-/m1/s1. The number of thiazole rings is 1. The number of hydrogen-bond acceptors (Lipinski definition) is 5. The predicted molar refractivity (Wildman–Crippen MR) is 95.8 cm³/mol. The maximum Gasteiger partial charge on any atom is 0.124 e. The quantitative estimate of drug-likeness (QED) is 0.726. The van der Waals surface area contributed by atoms with Gasteiger partial charge in [0, 0.05) is 43.0 Å². The molecule has 4 nitrogen and oxygen atoms in total. The molecule has 1 saturated heterocycles. The number of morpholine rings is 1. The largest absolute Gasteiger partial charge is 0.368 e. The van der Waals surface area contributed by atoms with Crippen LogP contribution < -0.4 is 0 Å². The van der Waals surface area contributed by atoms with Crippen molar-refractivity contribution in [2.24, 2.45) is 0 Å². The summed E-state index contributed by atoms with van der Waals surface area (Å²) in [5.41, 5.74) is 3.42. The Balaban J connectivity index is 1.45. The summed E-state index contributed by atoms with van der Waals surface area (Å²) in [4.78, 5) is 11.4. The van der Waals surface area contributed by atoms with Gasteiger partial charge in [-0.3, -0.25) is 9.88 Å². The van der Waals surface area contributed by atoms with E-state index in [0.29, 0.717) is 0 Å². The summed E-state index contributed by atoms with van der Waals surface area (Å²) >= 11 is 1.68. The van der Waals surface area contributed by atoms with Crippen molar-refractivity contribution in [1.29, 1.82) is 0 Å². The summed E-state index contributed by atoms with van der Waals surface area (Å²) in [5, 5.41) is 3.18. The Bertz CT molecular complexity index is 776. The molecule has 0 N–H and O–H groups in total. The van der Waals surface area contributed by atoms with E-state index in [1.807, 2.05) is 36.7 Å². The zero-order valence-corrected chi connectivity index (χ0v) is 14.2. The van der Waals surface area contributed by atoms with Crippen LogP contribution in [0.5, 0.6) is 0 Å². The van der Waals surface area contributed by atoms with E-state index in [-0.39, 0.29) is 6.10 Å². The summed E-state index contributed by atoms with van der Waals surface area (Å²) in [6.45, 7) is 3.47. The van der Waals surface area contributed by atoms with Gasteiger partial charge in [0.25, 0.3) is 0 Å². The van der Waals surface area contributed by atoms with Gasteiger partial charge in [0.05, 0.1) is 12.3 Å². The Morgan fingerprint density at radius 3 is 2.92 bits per heavy atom. The monoisotopic (exact) mass is 337 g/mol. The van der Waals surface area contributed by atoms with Crippen molar-refractivity contribution in [1.82, 2.24) is 14.9 Å². The molecule has 0 bridgehead atoms. The van der Waals surface area contributed by atoms with Crippen molar-refractivity contribution < 1.29 is 4.74 Å². The van der Waals surface area contributed by atoms with E-state index in [9.17, 15) is 0 Å². The second-order valence-electron chi connectivity index (χ2n) is 5.89. The van der Waals surface area contributed by atoms with Gasteiger partial charge >= 0.3 is 0 Å². The molecule has 1 aliphatic heterocycles. The molecule has 0 unspecified atom stereocenters. The minimum Gasteiger partial charge on any atom is -0.368 e. The third-order valence-electron chi connectivity index (χ3n) is 4.15. The zero-order valence-electron chi connectivity index (χ0n) is 13.3. The van der Waals surface area contributed by atoms with Crippen molar-refractivity contribution in [3.05, 3.63) is 70.8 Å². The van der Waals surface area contributed by atoms with Gasteiger partial charge in [-0.1, -0.05) is 36.4 Å². The van der Waals surface area contributed by atoms with Crippen LogP contribution in [-0.4, -0.2) is 34.6 Å². The fourth-order valence-electron chi connectivity index (χ4n) is 2.92. The van der Waals surface area contributed by atoms with Gasteiger partial charge in [-0.05, 0) is 11.6 Å². The maximum absolute atomic E-state index is 5.97. The Morgan fingerprint density at radius 2 is 2.08 bits per heavy atom. The molecule has 0 amide bonds. The van der Waals surface area contributed by atoms with Crippen molar-refractivity contribution in [2.75, 3.05) is 19.7 Å². The van der Waals surface area contributed by atoms with Crippen LogP contribution in [0.25, 0.3) is 11.3 Å². The molecule has 0 radical (unpaired) electrons. The average molecular weight is 337 g/mol. The van der Waals surface area contributed by atoms with Crippen LogP contribution >= 0.6 is 11.3 Å². The highest BCUT2D eigenvalue weighted by Gasteiger charge is 2.24. The maximum atomic E-state index is 5.97. The molecule has 24 heavy (non-hydrogen) atoms. The summed E-state index contributed by atoms with van der Waals surface area (Å²) in [7, 11) is 0. The fourth-order valence-corrected chi connectivity index (χ4v) is 3.79. The number of ether oxygens (including phenoxy) is 1. The lowest BCUT2D eigenvalue weighted by atomic mass is 10.2. The van der Waals surface area contributed by atoms with Gasteiger partial charge in [-0.25, -0.2) is 4.98 Å². The molecule has 1 aromatic carbocycles. The van der Waals surface area contributed by atoms with Crippen LogP contribution in [0, 0.1) is 0 Å². The minimum atomic E-state index is 0.0536. The van der Waals surface area contributed by atoms with Gasteiger partial charge < -0.3 is 4.74 Å². The molecule has 5 heteroatoms. The number of pyridine rings is 1. The number of benzene rings is 1. The van der Waals surface area contributed by atoms with Crippen molar-refractivity contribution in [2.45, 2.75) is 12.6 Å². The number of nitrogens with zero attached hydrogens (tertiary/aromatic N) is 3. The molecule has 4 rings (SSSR count). The SMILES string of the molecule is c1ccc(-c2csc([C@H]3CN(Cc4cccnc4)CCO3)n2)cc1. The van der Waals surface area contributed by atoms with Gasteiger partial charge in [-0.15, -0.1) is 11.3 Å². The molecule has 3 heterocycles. The molecular formula is C19H19N3OS. The summed E-state index contributed by atoms with van der Waals surface area (Å²) < 4.78 is 5.97. The van der Waals surface area contributed by atoms with E-state index in [1.54, 1.807) is 11.3 Å². The lowest BCUT2D eigenvalue weighted by molar-refractivity contribution is -0.0329. The molecule has 3 aromatic rings. The Labute approximate surface area is 145 Å². The van der Waals surface area contributed by atoms with Crippen molar-refractivity contribution >= 4 is 11.3 Å². The highest BCUT2D eigenvalue weighted by molar-refractivity contribution is 7.10. The molecule has 0 aliphatic carbocycles. The Kier molecular flexibility index (Phi) is 4.64. The van der Waals surface area contributed by atoms with E-state index in [1.165, 1.54) is 5.56 Å². The zero-order chi connectivity index (χ0) is 16.2. The first-order chi connectivity index (χ1) is 11.9. The van der Waals surface area contributed by atoms with Crippen LogP contribution in [0.3, 0.4) is 0 Å². The third-order valence-corrected chi connectivity index (χ3v) is 5.08. The van der Waals surface area contributed by atoms with E-state index >= 15 is 0 Å². The second kappa shape index (κ2) is 7.21. The first-order valence-corrected chi connectivity index (χ1v) is 9.00. The molecule has 1 fully saturated rings.